The van der Waals surface area contributed by atoms with Crippen LogP contribution in [0.2, 0.25) is 0 Å². The molecule has 0 atom stereocenters. The molecule has 0 aliphatic heterocycles. The summed E-state index contributed by atoms with van der Waals surface area (Å²) >= 11 is 0. The molecule has 1 aliphatic carbocycles. The Morgan fingerprint density at radius 1 is 1.50 bits per heavy atom. The van der Waals surface area contributed by atoms with E-state index in [1.54, 1.807) is 0 Å². The molecular weight excluding hydrogens is 126 g/mol. The Balaban J connectivity index is 2.68. The number of hydroxylamine groups is 1. The number of nitrogens with two attached hydrogens (primary N) is 1. The predicted octanol–water partition coefficient (Wildman–Crippen LogP) is 0.953. The highest BCUT2D eigenvalue weighted by atomic mass is 16.5. The van der Waals surface area contributed by atoms with Gasteiger partial charge in [0.25, 0.3) is 0 Å². The summed E-state index contributed by atoms with van der Waals surface area (Å²) in [6.45, 7) is 2.00. The average molecular weight is 140 g/mol. The molecular formula is C8H14NO+. The molecule has 3 N–H and O–H groups in total. The molecule has 10 heavy (non-hydrogen) atoms. The Morgan fingerprint density at radius 3 is 2.90 bits per heavy atom. The third-order valence-electron chi connectivity index (χ3n) is 1.83. The van der Waals surface area contributed by atoms with Crippen LogP contribution in [0.5, 0.6) is 0 Å². The Morgan fingerprint density at radius 2 is 2.30 bits per heavy atom. The van der Waals surface area contributed by atoms with Gasteiger partial charge in [-0.15, -0.1) is 0 Å². The topological polar surface area (TPSA) is 36.8 Å². The molecule has 2 heteroatoms. The van der Waals surface area contributed by atoms with Gasteiger partial charge >= 0.3 is 0 Å². The minimum atomic E-state index is 1.04. The van der Waals surface area contributed by atoms with Crippen molar-refractivity contribution in [1.29, 1.82) is 0 Å². The summed E-state index contributed by atoms with van der Waals surface area (Å²) in [5, 5.41) is 8.75. The van der Waals surface area contributed by atoms with E-state index in [0.29, 0.717) is 0 Å². The minimum Gasteiger partial charge on any atom is -0.215 e. The molecule has 0 fully saturated rings. The minimum absolute atomic E-state index is 1.04. The fourth-order valence-corrected chi connectivity index (χ4v) is 1.33. The molecule has 0 aromatic rings. The summed E-state index contributed by atoms with van der Waals surface area (Å²) in [5.74, 6) is 0. The van der Waals surface area contributed by atoms with E-state index in [2.05, 4.69) is 6.08 Å². The molecule has 56 valence electrons. The highest BCUT2D eigenvalue weighted by molar-refractivity contribution is 5.24. The number of hydrogen-bond donors (Lipinski definition) is 2. The number of quaternary nitrogens is 1. The van der Waals surface area contributed by atoms with Crippen molar-refractivity contribution in [2.45, 2.75) is 26.2 Å². The van der Waals surface area contributed by atoms with Crippen molar-refractivity contribution < 1.29 is 10.7 Å². The van der Waals surface area contributed by atoms with E-state index in [1.807, 2.05) is 13.0 Å². The summed E-state index contributed by atoms with van der Waals surface area (Å²) < 4.78 is 0. The largest absolute Gasteiger partial charge is 0.215 e. The molecule has 2 nitrogen and oxygen atoms in total. The van der Waals surface area contributed by atoms with E-state index in [9.17, 15) is 0 Å². The standard InChI is InChI=1S/C8H13NO/c1-2-4-7-5-3-6-8(7)9-10/h2,4,9-10H,3,5-6H2,1H3/p+1/b4-2-. The van der Waals surface area contributed by atoms with E-state index in [0.717, 1.165) is 18.5 Å². The molecule has 0 saturated carbocycles. The maximum atomic E-state index is 8.75. The van der Waals surface area contributed by atoms with Gasteiger partial charge in [0, 0.05) is 12.0 Å². The van der Waals surface area contributed by atoms with Crippen molar-refractivity contribution >= 4 is 0 Å². The van der Waals surface area contributed by atoms with Crippen molar-refractivity contribution in [1.82, 2.24) is 0 Å². The first kappa shape index (κ1) is 7.51. The van der Waals surface area contributed by atoms with Crippen molar-refractivity contribution in [3.8, 4) is 0 Å². The second-order valence-electron chi connectivity index (χ2n) is 2.53. The molecule has 0 aromatic heterocycles. The molecule has 1 rings (SSSR count). The van der Waals surface area contributed by atoms with Gasteiger partial charge in [-0.05, 0) is 19.8 Å². The molecule has 0 aromatic carbocycles. The third-order valence-corrected chi connectivity index (χ3v) is 1.83. The first-order chi connectivity index (χ1) is 4.88. The van der Waals surface area contributed by atoms with Crippen LogP contribution in [0.3, 0.4) is 0 Å². The molecule has 0 spiro atoms. The number of rotatable bonds is 2. The average Bonchev–Trinajstić information content (AvgIpc) is 2.36. The fourth-order valence-electron chi connectivity index (χ4n) is 1.33. The number of allylic oxidation sites excluding steroid dienone is 4. The van der Waals surface area contributed by atoms with Gasteiger partial charge in [0.2, 0.25) is 0 Å². The Labute approximate surface area is 61.2 Å². The molecule has 0 amide bonds. The van der Waals surface area contributed by atoms with Crippen LogP contribution in [0, 0.1) is 0 Å². The SMILES string of the molecule is C/C=C\C1=C([NH2+]O)CCC1. The van der Waals surface area contributed by atoms with Gasteiger partial charge in [-0.3, -0.25) is 0 Å². The maximum absolute atomic E-state index is 8.75. The maximum Gasteiger partial charge on any atom is 0.141 e. The zero-order chi connectivity index (χ0) is 7.40. The van der Waals surface area contributed by atoms with E-state index < -0.39 is 0 Å². The zero-order valence-corrected chi connectivity index (χ0v) is 6.30. The first-order valence-electron chi connectivity index (χ1n) is 3.70. The van der Waals surface area contributed by atoms with E-state index in [-0.39, 0.29) is 0 Å². The lowest BCUT2D eigenvalue weighted by Crippen LogP contribution is -2.78. The van der Waals surface area contributed by atoms with Crippen LogP contribution in [-0.2, 0) is 0 Å². The van der Waals surface area contributed by atoms with Gasteiger partial charge in [-0.25, -0.2) is 5.21 Å². The lowest BCUT2D eigenvalue weighted by molar-refractivity contribution is -0.852. The van der Waals surface area contributed by atoms with Gasteiger partial charge in [-0.2, -0.15) is 5.48 Å². The first-order valence-corrected chi connectivity index (χ1v) is 3.70. The third kappa shape index (κ3) is 1.46. The van der Waals surface area contributed by atoms with E-state index >= 15 is 0 Å². The summed E-state index contributed by atoms with van der Waals surface area (Å²) in [4.78, 5) is 0. The van der Waals surface area contributed by atoms with E-state index in [4.69, 9.17) is 5.21 Å². The summed E-state index contributed by atoms with van der Waals surface area (Å²) in [5.41, 5.74) is 3.64. The van der Waals surface area contributed by atoms with Crippen LogP contribution >= 0.6 is 0 Å². The van der Waals surface area contributed by atoms with Crippen molar-refractivity contribution in [3.63, 3.8) is 0 Å². The predicted molar refractivity (Wildman–Crippen MR) is 39.4 cm³/mol. The Kier molecular flexibility index (Phi) is 2.66. The van der Waals surface area contributed by atoms with Gasteiger partial charge in [0.15, 0.2) is 0 Å². The lowest BCUT2D eigenvalue weighted by Gasteiger charge is -1.92. The van der Waals surface area contributed by atoms with Crippen LogP contribution in [0.4, 0.5) is 0 Å². The molecule has 1 aliphatic rings. The molecule has 0 bridgehead atoms. The van der Waals surface area contributed by atoms with Gasteiger partial charge in [0.1, 0.15) is 5.70 Å². The van der Waals surface area contributed by atoms with Crippen molar-refractivity contribution in [2.75, 3.05) is 0 Å². The lowest BCUT2D eigenvalue weighted by atomic mass is 10.2. The van der Waals surface area contributed by atoms with Gasteiger partial charge in [0.05, 0.1) is 0 Å². The zero-order valence-electron chi connectivity index (χ0n) is 6.30. The summed E-state index contributed by atoms with van der Waals surface area (Å²) in [6, 6.07) is 0. The van der Waals surface area contributed by atoms with Crippen LogP contribution in [0.15, 0.2) is 23.4 Å². The molecule has 0 saturated heterocycles. The number of hydrogen-bond acceptors (Lipinski definition) is 1. The highest BCUT2D eigenvalue weighted by Gasteiger charge is 2.14. The van der Waals surface area contributed by atoms with Crippen LogP contribution < -0.4 is 5.48 Å². The van der Waals surface area contributed by atoms with Crippen LogP contribution in [0.25, 0.3) is 0 Å². The van der Waals surface area contributed by atoms with Crippen LogP contribution in [0.1, 0.15) is 26.2 Å². The Bertz CT molecular complexity index is 170. The van der Waals surface area contributed by atoms with Crippen molar-refractivity contribution in [3.05, 3.63) is 23.4 Å². The quantitative estimate of drug-likeness (QED) is 0.550. The summed E-state index contributed by atoms with van der Waals surface area (Å²) in [7, 11) is 0. The molecule has 0 unspecified atom stereocenters. The molecule has 0 heterocycles. The smallest absolute Gasteiger partial charge is 0.141 e. The fraction of sp³-hybridized carbons (Fsp3) is 0.500. The highest BCUT2D eigenvalue weighted by Crippen LogP contribution is 2.21. The second kappa shape index (κ2) is 3.54. The van der Waals surface area contributed by atoms with Gasteiger partial charge < -0.3 is 0 Å². The normalized spacial score (nSPS) is 19.4. The summed E-state index contributed by atoms with van der Waals surface area (Å²) in [6.07, 6.45) is 7.44. The monoisotopic (exact) mass is 140 g/mol. The van der Waals surface area contributed by atoms with Crippen molar-refractivity contribution in [2.24, 2.45) is 0 Å². The van der Waals surface area contributed by atoms with Crippen LogP contribution in [-0.4, -0.2) is 5.21 Å². The van der Waals surface area contributed by atoms with Gasteiger partial charge in [-0.1, -0.05) is 12.2 Å². The van der Waals surface area contributed by atoms with E-state index in [1.165, 1.54) is 17.5 Å². The Hall–Kier alpha value is -0.600. The second-order valence-corrected chi connectivity index (χ2v) is 2.53. The molecule has 0 radical (unpaired) electrons.